The van der Waals surface area contributed by atoms with Crippen molar-refractivity contribution in [3.63, 3.8) is 0 Å². The first-order valence-corrected chi connectivity index (χ1v) is 8.03. The second-order valence-corrected chi connectivity index (χ2v) is 7.13. The summed E-state index contributed by atoms with van der Waals surface area (Å²) < 4.78 is 39.1. The van der Waals surface area contributed by atoms with Crippen LogP contribution in [0.5, 0.6) is 0 Å². The van der Waals surface area contributed by atoms with Gasteiger partial charge in [-0.05, 0) is 53.1 Å². The van der Waals surface area contributed by atoms with Crippen LogP contribution in [0.4, 0.5) is 4.39 Å². The minimum Gasteiger partial charge on any atom is -0.207 e. The molecule has 102 valence electrons. The zero-order valence-corrected chi connectivity index (χ0v) is 12.3. The van der Waals surface area contributed by atoms with Gasteiger partial charge in [-0.15, -0.1) is 0 Å². The van der Waals surface area contributed by atoms with E-state index in [1.807, 2.05) is 16.8 Å². The Morgan fingerprint density at radius 3 is 2.63 bits per heavy atom. The summed E-state index contributed by atoms with van der Waals surface area (Å²) in [6.07, 6.45) is 0. The lowest BCUT2D eigenvalue weighted by molar-refractivity contribution is 0.467. The Bertz CT molecular complexity index is 666. The summed E-state index contributed by atoms with van der Waals surface area (Å²) in [7, 11) is -2.06. The molecule has 0 bridgehead atoms. The van der Waals surface area contributed by atoms with Gasteiger partial charge in [0.25, 0.3) is 0 Å². The molecule has 0 amide bonds. The molecule has 0 aliphatic heterocycles. The Morgan fingerprint density at radius 2 is 2.05 bits per heavy atom. The van der Waals surface area contributed by atoms with E-state index in [0.29, 0.717) is 12.1 Å². The third-order valence-corrected chi connectivity index (χ3v) is 5.35. The highest BCUT2D eigenvalue weighted by atomic mass is 32.2. The molecule has 3 nitrogen and oxygen atoms in total. The maximum Gasteiger partial charge on any atom is 0.243 e. The molecule has 1 heterocycles. The van der Waals surface area contributed by atoms with E-state index >= 15 is 0 Å². The number of hydrogen-bond acceptors (Lipinski definition) is 3. The van der Waals surface area contributed by atoms with E-state index in [2.05, 4.69) is 0 Å². The number of hydrogen-bond donors (Lipinski definition) is 0. The molecule has 0 N–H and O–H groups in total. The maximum absolute atomic E-state index is 13.2. The zero-order valence-electron chi connectivity index (χ0n) is 10.6. The summed E-state index contributed by atoms with van der Waals surface area (Å²) in [4.78, 5) is 0.115. The van der Waals surface area contributed by atoms with Crippen LogP contribution in [0.2, 0.25) is 0 Å². The van der Waals surface area contributed by atoms with E-state index < -0.39 is 15.8 Å². The topological polar surface area (TPSA) is 37.4 Å². The molecule has 0 radical (unpaired) electrons. The molecule has 1 aromatic carbocycles. The Balaban J connectivity index is 2.28. The second-order valence-electron chi connectivity index (χ2n) is 4.30. The molecule has 6 heteroatoms. The number of thiophene rings is 1. The first kappa shape index (κ1) is 14.2. The Labute approximate surface area is 116 Å². The molecular weight excluding hydrogens is 285 g/mol. The standard InChI is InChI=1S/C13H14FNO2S2/c1-10-7-12(3-4-13(10)14)19(16,17)15(2)8-11-5-6-18-9-11/h3-7,9H,8H2,1-2H3. The van der Waals surface area contributed by atoms with Gasteiger partial charge in [-0.25, -0.2) is 12.8 Å². The van der Waals surface area contributed by atoms with Crippen LogP contribution in [-0.2, 0) is 16.6 Å². The highest BCUT2D eigenvalue weighted by Crippen LogP contribution is 2.20. The molecule has 0 spiro atoms. The molecule has 0 aliphatic carbocycles. The van der Waals surface area contributed by atoms with Crippen molar-refractivity contribution in [2.75, 3.05) is 7.05 Å². The highest BCUT2D eigenvalue weighted by Gasteiger charge is 2.21. The van der Waals surface area contributed by atoms with E-state index in [4.69, 9.17) is 0 Å². The van der Waals surface area contributed by atoms with Crippen molar-refractivity contribution in [3.05, 3.63) is 52.0 Å². The number of rotatable bonds is 4. The van der Waals surface area contributed by atoms with Crippen LogP contribution < -0.4 is 0 Å². The molecule has 0 fully saturated rings. The Kier molecular flexibility index (Phi) is 4.03. The first-order chi connectivity index (χ1) is 8.91. The van der Waals surface area contributed by atoms with Crippen molar-refractivity contribution in [1.82, 2.24) is 4.31 Å². The summed E-state index contributed by atoms with van der Waals surface area (Å²) in [5.41, 5.74) is 1.26. The van der Waals surface area contributed by atoms with Gasteiger partial charge in [0.15, 0.2) is 0 Å². The zero-order chi connectivity index (χ0) is 14.0. The predicted molar refractivity (Wildman–Crippen MR) is 74.1 cm³/mol. The number of sulfonamides is 1. The van der Waals surface area contributed by atoms with Gasteiger partial charge in [0, 0.05) is 13.6 Å². The van der Waals surface area contributed by atoms with Crippen LogP contribution in [-0.4, -0.2) is 19.8 Å². The largest absolute Gasteiger partial charge is 0.243 e. The molecule has 0 saturated carbocycles. The molecule has 19 heavy (non-hydrogen) atoms. The normalized spacial score (nSPS) is 12.0. The number of halogens is 1. The lowest BCUT2D eigenvalue weighted by Crippen LogP contribution is -2.26. The maximum atomic E-state index is 13.2. The van der Waals surface area contributed by atoms with E-state index in [0.717, 1.165) is 5.56 Å². The van der Waals surface area contributed by atoms with Crippen LogP contribution in [0.3, 0.4) is 0 Å². The summed E-state index contributed by atoms with van der Waals surface area (Å²) in [5, 5.41) is 3.81. The smallest absolute Gasteiger partial charge is 0.207 e. The van der Waals surface area contributed by atoms with Crippen molar-refractivity contribution in [3.8, 4) is 0 Å². The fourth-order valence-corrected chi connectivity index (χ4v) is 3.59. The van der Waals surface area contributed by atoms with Gasteiger partial charge in [-0.3, -0.25) is 0 Å². The van der Waals surface area contributed by atoms with Gasteiger partial charge in [-0.1, -0.05) is 0 Å². The molecule has 0 saturated heterocycles. The second kappa shape index (κ2) is 5.40. The minimum atomic E-state index is -3.58. The third-order valence-electron chi connectivity index (χ3n) is 2.82. The van der Waals surface area contributed by atoms with E-state index in [1.165, 1.54) is 40.9 Å². The van der Waals surface area contributed by atoms with E-state index in [9.17, 15) is 12.8 Å². The first-order valence-electron chi connectivity index (χ1n) is 5.65. The van der Waals surface area contributed by atoms with Crippen molar-refractivity contribution in [2.24, 2.45) is 0 Å². The molecule has 1 aromatic heterocycles. The number of nitrogens with zero attached hydrogens (tertiary/aromatic N) is 1. The molecule has 0 unspecified atom stereocenters. The Hall–Kier alpha value is -1.24. The lowest BCUT2D eigenvalue weighted by atomic mass is 10.2. The van der Waals surface area contributed by atoms with Crippen LogP contribution in [0.25, 0.3) is 0 Å². The SMILES string of the molecule is Cc1cc(S(=O)(=O)N(C)Cc2ccsc2)ccc1F. The minimum absolute atomic E-state index is 0.115. The van der Waals surface area contributed by atoms with Crippen molar-refractivity contribution in [1.29, 1.82) is 0 Å². The molecular formula is C13H14FNO2S2. The molecule has 0 atom stereocenters. The van der Waals surface area contributed by atoms with E-state index in [-0.39, 0.29) is 4.90 Å². The summed E-state index contributed by atoms with van der Waals surface area (Å²) >= 11 is 1.52. The number of benzene rings is 1. The van der Waals surface area contributed by atoms with Gasteiger partial charge in [0.05, 0.1) is 4.90 Å². The summed E-state index contributed by atoms with van der Waals surface area (Å²) in [5.74, 6) is -0.403. The van der Waals surface area contributed by atoms with Crippen molar-refractivity contribution >= 4 is 21.4 Å². The van der Waals surface area contributed by atoms with Gasteiger partial charge < -0.3 is 0 Å². The predicted octanol–water partition coefficient (Wildman–Crippen LogP) is 3.02. The van der Waals surface area contributed by atoms with Crippen LogP contribution in [0.1, 0.15) is 11.1 Å². The van der Waals surface area contributed by atoms with Crippen LogP contribution in [0.15, 0.2) is 39.9 Å². The van der Waals surface area contributed by atoms with Gasteiger partial charge in [0.2, 0.25) is 10.0 Å². The van der Waals surface area contributed by atoms with Crippen molar-refractivity contribution < 1.29 is 12.8 Å². The van der Waals surface area contributed by atoms with Crippen LogP contribution in [0, 0.1) is 12.7 Å². The number of aryl methyl sites for hydroxylation is 1. The van der Waals surface area contributed by atoms with Gasteiger partial charge >= 0.3 is 0 Å². The van der Waals surface area contributed by atoms with Gasteiger partial charge in [-0.2, -0.15) is 15.6 Å². The average Bonchev–Trinajstić information content (AvgIpc) is 2.85. The monoisotopic (exact) mass is 299 g/mol. The fraction of sp³-hybridized carbons (Fsp3) is 0.231. The van der Waals surface area contributed by atoms with Crippen molar-refractivity contribution in [2.45, 2.75) is 18.4 Å². The van der Waals surface area contributed by atoms with Gasteiger partial charge in [0.1, 0.15) is 5.82 Å². The quantitative estimate of drug-likeness (QED) is 0.870. The summed E-state index contributed by atoms with van der Waals surface area (Å²) in [6, 6.07) is 5.71. The van der Waals surface area contributed by atoms with Crippen LogP contribution >= 0.6 is 11.3 Å². The Morgan fingerprint density at radius 1 is 1.32 bits per heavy atom. The average molecular weight is 299 g/mol. The molecule has 2 aromatic rings. The fourth-order valence-electron chi connectivity index (χ4n) is 1.68. The molecule has 0 aliphatic rings. The lowest BCUT2D eigenvalue weighted by Gasteiger charge is -2.17. The summed E-state index contributed by atoms with van der Waals surface area (Å²) in [6.45, 7) is 1.86. The van der Waals surface area contributed by atoms with E-state index in [1.54, 1.807) is 6.92 Å². The third kappa shape index (κ3) is 3.02. The highest BCUT2D eigenvalue weighted by molar-refractivity contribution is 7.89. The molecule has 2 rings (SSSR count).